The molecule has 1 fully saturated rings. The molecule has 0 spiro atoms. The van der Waals surface area contributed by atoms with Crippen LogP contribution in [0.1, 0.15) is 16.8 Å². The first-order valence-corrected chi connectivity index (χ1v) is 6.44. The minimum atomic E-state index is -1.38. The van der Waals surface area contributed by atoms with Gasteiger partial charge < -0.3 is 25.2 Å². The van der Waals surface area contributed by atoms with Crippen molar-refractivity contribution in [2.24, 2.45) is 5.73 Å². The number of carbonyl (C=O) groups excluding carboxylic acids is 1. The van der Waals surface area contributed by atoms with Crippen LogP contribution >= 0.6 is 0 Å². The number of benzene rings is 1. The van der Waals surface area contributed by atoms with Crippen LogP contribution in [0.25, 0.3) is 0 Å². The van der Waals surface area contributed by atoms with E-state index in [0.717, 1.165) is 0 Å². The lowest BCUT2D eigenvalue weighted by atomic mass is 10.0. The lowest BCUT2D eigenvalue weighted by Gasteiger charge is -2.20. The second-order valence-electron chi connectivity index (χ2n) is 5.04. The Kier molecular flexibility index (Phi) is 4.04. The molecule has 0 aromatic heterocycles. The summed E-state index contributed by atoms with van der Waals surface area (Å²) in [5.41, 5.74) is 4.78. The molecule has 21 heavy (non-hydrogen) atoms. The first-order valence-electron chi connectivity index (χ1n) is 6.44. The Morgan fingerprint density at radius 2 is 1.81 bits per heavy atom. The summed E-state index contributed by atoms with van der Waals surface area (Å²) in [6.07, 6.45) is 0.231. The van der Waals surface area contributed by atoms with Gasteiger partial charge in [0.1, 0.15) is 17.0 Å². The van der Waals surface area contributed by atoms with E-state index in [4.69, 9.17) is 20.3 Å². The van der Waals surface area contributed by atoms with Crippen molar-refractivity contribution in [3.8, 4) is 11.5 Å². The third kappa shape index (κ3) is 2.92. The lowest BCUT2D eigenvalue weighted by molar-refractivity contribution is -0.142. The highest BCUT2D eigenvalue weighted by molar-refractivity contribution is 5.96. The smallest absolute Gasteiger partial charge is 0.325 e. The van der Waals surface area contributed by atoms with Gasteiger partial charge in [0.05, 0.1) is 14.2 Å². The monoisotopic (exact) mass is 294 g/mol. The summed E-state index contributed by atoms with van der Waals surface area (Å²) >= 11 is 0. The Morgan fingerprint density at radius 3 is 2.24 bits per heavy atom. The SMILES string of the molecule is COc1cc(OC)cc(C(=O)N2CCC(N)(C(=O)O)C2)c1. The van der Waals surface area contributed by atoms with Gasteiger partial charge in [-0.05, 0) is 18.6 Å². The number of carboxylic acid groups (broad SMARTS) is 1. The molecule has 1 aromatic carbocycles. The van der Waals surface area contributed by atoms with E-state index in [1.165, 1.54) is 19.1 Å². The van der Waals surface area contributed by atoms with Gasteiger partial charge in [-0.1, -0.05) is 0 Å². The number of hydrogen-bond donors (Lipinski definition) is 2. The number of aliphatic carboxylic acids is 1. The molecule has 0 bridgehead atoms. The zero-order chi connectivity index (χ0) is 15.6. The maximum absolute atomic E-state index is 12.5. The van der Waals surface area contributed by atoms with Crippen LogP contribution in [0.15, 0.2) is 18.2 Å². The molecule has 1 heterocycles. The number of carboxylic acids is 1. The van der Waals surface area contributed by atoms with Crippen LogP contribution in [0.4, 0.5) is 0 Å². The van der Waals surface area contributed by atoms with E-state index in [1.54, 1.807) is 18.2 Å². The number of methoxy groups -OCH3 is 2. The van der Waals surface area contributed by atoms with Gasteiger partial charge in [0.25, 0.3) is 5.91 Å². The minimum absolute atomic E-state index is 0.0132. The molecule has 1 atom stereocenters. The fraction of sp³-hybridized carbons (Fsp3) is 0.429. The summed E-state index contributed by atoms with van der Waals surface area (Å²) < 4.78 is 10.2. The maximum Gasteiger partial charge on any atom is 0.325 e. The Labute approximate surface area is 122 Å². The van der Waals surface area contributed by atoms with Crippen LogP contribution in [-0.4, -0.2) is 54.7 Å². The fourth-order valence-electron chi connectivity index (χ4n) is 2.29. The van der Waals surface area contributed by atoms with E-state index in [2.05, 4.69) is 0 Å². The third-order valence-corrected chi connectivity index (χ3v) is 3.61. The largest absolute Gasteiger partial charge is 0.497 e. The molecule has 1 aliphatic heterocycles. The predicted octanol–water partition coefficient (Wildman–Crippen LogP) is 0.332. The number of amides is 1. The quantitative estimate of drug-likeness (QED) is 0.829. The number of nitrogens with two attached hydrogens (primary N) is 1. The Balaban J connectivity index is 2.23. The summed E-state index contributed by atoms with van der Waals surface area (Å²) in [6.45, 7) is 0.294. The van der Waals surface area contributed by atoms with E-state index in [9.17, 15) is 9.59 Å². The number of carbonyl (C=O) groups is 2. The van der Waals surface area contributed by atoms with Crippen LogP contribution in [0.2, 0.25) is 0 Å². The normalized spacial score (nSPS) is 21.2. The van der Waals surface area contributed by atoms with Gasteiger partial charge in [-0.15, -0.1) is 0 Å². The summed E-state index contributed by atoms with van der Waals surface area (Å²) in [5, 5.41) is 9.10. The summed E-state index contributed by atoms with van der Waals surface area (Å²) in [6, 6.07) is 4.83. The highest BCUT2D eigenvalue weighted by Gasteiger charge is 2.43. The fourth-order valence-corrected chi connectivity index (χ4v) is 2.29. The van der Waals surface area contributed by atoms with Gasteiger partial charge in [-0.2, -0.15) is 0 Å². The number of hydrogen-bond acceptors (Lipinski definition) is 5. The topological polar surface area (TPSA) is 102 Å². The number of ether oxygens (including phenoxy) is 2. The summed E-state index contributed by atoms with van der Waals surface area (Å²) in [5.74, 6) is -0.398. The lowest BCUT2D eigenvalue weighted by Crippen LogP contribution is -2.50. The molecule has 1 saturated heterocycles. The molecule has 1 aliphatic rings. The molecule has 2 rings (SSSR count). The van der Waals surface area contributed by atoms with Crippen molar-refractivity contribution in [2.75, 3.05) is 27.3 Å². The van der Waals surface area contributed by atoms with Crippen molar-refractivity contribution in [3.05, 3.63) is 23.8 Å². The van der Waals surface area contributed by atoms with Crippen molar-refractivity contribution in [2.45, 2.75) is 12.0 Å². The Hall–Kier alpha value is -2.28. The third-order valence-electron chi connectivity index (χ3n) is 3.61. The zero-order valence-corrected chi connectivity index (χ0v) is 12.0. The molecule has 114 valence electrons. The van der Waals surface area contributed by atoms with Gasteiger partial charge in [-0.3, -0.25) is 9.59 Å². The van der Waals surface area contributed by atoms with Crippen molar-refractivity contribution in [3.63, 3.8) is 0 Å². The Bertz CT molecular complexity index is 552. The Morgan fingerprint density at radius 1 is 1.24 bits per heavy atom. The van der Waals surface area contributed by atoms with E-state index >= 15 is 0 Å². The highest BCUT2D eigenvalue weighted by atomic mass is 16.5. The average molecular weight is 294 g/mol. The molecule has 1 unspecified atom stereocenters. The molecule has 0 radical (unpaired) electrons. The standard InChI is InChI=1S/C14H18N2O5/c1-20-10-5-9(6-11(7-10)21-2)12(17)16-4-3-14(15,8-16)13(18)19/h5-7H,3-4,8,15H2,1-2H3,(H,18,19). The van der Waals surface area contributed by atoms with Gasteiger partial charge in [0.2, 0.25) is 0 Å². The summed E-state index contributed by atoms with van der Waals surface area (Å²) in [7, 11) is 2.99. The number of likely N-dealkylation sites (tertiary alicyclic amines) is 1. The number of nitrogens with zero attached hydrogens (tertiary/aromatic N) is 1. The molecule has 0 aliphatic carbocycles. The molecule has 1 aromatic rings. The van der Waals surface area contributed by atoms with Gasteiger partial charge in [0.15, 0.2) is 0 Å². The molecular weight excluding hydrogens is 276 g/mol. The van der Waals surface area contributed by atoms with Crippen molar-refractivity contribution < 1.29 is 24.2 Å². The highest BCUT2D eigenvalue weighted by Crippen LogP contribution is 2.26. The van der Waals surface area contributed by atoms with Crippen LogP contribution in [0.5, 0.6) is 11.5 Å². The molecular formula is C14H18N2O5. The average Bonchev–Trinajstić information content (AvgIpc) is 2.89. The van der Waals surface area contributed by atoms with Crippen molar-refractivity contribution in [1.29, 1.82) is 0 Å². The van der Waals surface area contributed by atoms with Crippen molar-refractivity contribution >= 4 is 11.9 Å². The van der Waals surface area contributed by atoms with Gasteiger partial charge in [-0.25, -0.2) is 0 Å². The van der Waals surface area contributed by atoms with E-state index < -0.39 is 11.5 Å². The molecule has 7 heteroatoms. The van der Waals surface area contributed by atoms with Gasteiger partial charge >= 0.3 is 5.97 Å². The zero-order valence-electron chi connectivity index (χ0n) is 12.0. The van der Waals surface area contributed by atoms with Crippen LogP contribution < -0.4 is 15.2 Å². The first kappa shape index (κ1) is 15.1. The van der Waals surface area contributed by atoms with E-state index in [-0.39, 0.29) is 18.9 Å². The first-order chi connectivity index (χ1) is 9.89. The maximum atomic E-state index is 12.5. The predicted molar refractivity (Wildman–Crippen MR) is 74.6 cm³/mol. The minimum Gasteiger partial charge on any atom is -0.497 e. The van der Waals surface area contributed by atoms with Crippen molar-refractivity contribution in [1.82, 2.24) is 4.90 Å². The van der Waals surface area contributed by atoms with Crippen LogP contribution in [-0.2, 0) is 4.79 Å². The second kappa shape index (κ2) is 5.61. The van der Waals surface area contributed by atoms with E-state index in [0.29, 0.717) is 23.6 Å². The molecule has 3 N–H and O–H groups in total. The van der Waals surface area contributed by atoms with Crippen LogP contribution in [0.3, 0.4) is 0 Å². The van der Waals surface area contributed by atoms with E-state index in [1.807, 2.05) is 0 Å². The number of rotatable bonds is 4. The van der Waals surface area contributed by atoms with Crippen LogP contribution in [0, 0.1) is 0 Å². The summed E-state index contributed by atoms with van der Waals surface area (Å²) in [4.78, 5) is 25.0. The molecule has 1 amide bonds. The molecule has 7 nitrogen and oxygen atoms in total. The second-order valence-corrected chi connectivity index (χ2v) is 5.04. The van der Waals surface area contributed by atoms with Gasteiger partial charge in [0, 0.05) is 24.7 Å². The molecule has 0 saturated carbocycles.